The van der Waals surface area contributed by atoms with E-state index in [1.54, 1.807) is 0 Å². The minimum absolute atomic E-state index is 0.135. The van der Waals surface area contributed by atoms with Crippen molar-refractivity contribution in [2.45, 2.75) is 31.5 Å². The van der Waals surface area contributed by atoms with Crippen molar-refractivity contribution in [3.05, 3.63) is 0 Å². The van der Waals surface area contributed by atoms with Crippen molar-refractivity contribution >= 4 is 5.97 Å². The molecule has 1 heterocycles. The predicted octanol–water partition coefficient (Wildman–Crippen LogP) is 0.638. The van der Waals surface area contributed by atoms with E-state index in [9.17, 15) is 4.79 Å². The summed E-state index contributed by atoms with van der Waals surface area (Å²) in [5.74, 6) is -0.794. The van der Waals surface area contributed by atoms with E-state index in [2.05, 4.69) is 0 Å². The van der Waals surface area contributed by atoms with Crippen molar-refractivity contribution < 1.29 is 14.6 Å². The molecule has 0 aromatic heterocycles. The van der Waals surface area contributed by atoms with E-state index in [0.29, 0.717) is 6.10 Å². The molecule has 1 saturated carbocycles. The highest BCUT2D eigenvalue weighted by Crippen LogP contribution is 2.39. The van der Waals surface area contributed by atoms with Crippen LogP contribution in [-0.2, 0) is 9.53 Å². The fourth-order valence-corrected chi connectivity index (χ4v) is 1.63. The molecule has 1 saturated heterocycles. The van der Waals surface area contributed by atoms with Gasteiger partial charge in [0.2, 0.25) is 0 Å². The average Bonchev–Trinajstić information content (AvgIpc) is 2.63. The molecule has 3 nitrogen and oxygen atoms in total. The first-order chi connectivity index (χ1) is 4.77. The molecule has 0 amide bonds. The van der Waals surface area contributed by atoms with Crippen molar-refractivity contribution in [1.29, 1.82) is 0 Å². The SMILES string of the molecule is O=C(O)[C@@H]1CCC2OC2C1. The highest BCUT2D eigenvalue weighted by atomic mass is 16.6. The van der Waals surface area contributed by atoms with E-state index in [-0.39, 0.29) is 12.0 Å². The van der Waals surface area contributed by atoms with E-state index in [0.717, 1.165) is 19.3 Å². The number of fused-ring (bicyclic) bond motifs is 1. The number of carboxylic acids is 1. The first-order valence-corrected chi connectivity index (χ1v) is 3.65. The highest BCUT2D eigenvalue weighted by molar-refractivity contribution is 5.70. The molecular formula is C7H10O3. The van der Waals surface area contributed by atoms with Gasteiger partial charge in [-0.2, -0.15) is 0 Å². The quantitative estimate of drug-likeness (QED) is 0.546. The summed E-state index contributed by atoms with van der Waals surface area (Å²) in [6.45, 7) is 0. The van der Waals surface area contributed by atoms with Gasteiger partial charge >= 0.3 is 5.97 Å². The molecular weight excluding hydrogens is 132 g/mol. The van der Waals surface area contributed by atoms with Crippen LogP contribution in [0.5, 0.6) is 0 Å². The van der Waals surface area contributed by atoms with Gasteiger partial charge < -0.3 is 9.84 Å². The Morgan fingerprint density at radius 3 is 2.80 bits per heavy atom. The lowest BCUT2D eigenvalue weighted by atomic mass is 9.90. The molecule has 1 aliphatic heterocycles. The van der Waals surface area contributed by atoms with Gasteiger partial charge in [-0.1, -0.05) is 0 Å². The van der Waals surface area contributed by atoms with Crippen LogP contribution in [0.1, 0.15) is 19.3 Å². The normalized spacial score (nSPS) is 44.2. The Labute approximate surface area is 59.0 Å². The van der Waals surface area contributed by atoms with Gasteiger partial charge in [-0.15, -0.1) is 0 Å². The third kappa shape index (κ3) is 0.904. The molecule has 0 aromatic carbocycles. The van der Waals surface area contributed by atoms with Gasteiger partial charge in [0.25, 0.3) is 0 Å². The molecule has 0 aromatic rings. The molecule has 2 rings (SSSR count). The van der Waals surface area contributed by atoms with Crippen molar-refractivity contribution in [3.8, 4) is 0 Å². The molecule has 2 aliphatic rings. The number of hydrogen-bond acceptors (Lipinski definition) is 2. The topological polar surface area (TPSA) is 49.8 Å². The Morgan fingerprint density at radius 2 is 2.20 bits per heavy atom. The molecule has 3 atom stereocenters. The molecule has 56 valence electrons. The zero-order valence-corrected chi connectivity index (χ0v) is 5.62. The number of ether oxygens (including phenoxy) is 1. The van der Waals surface area contributed by atoms with Crippen LogP contribution in [0.15, 0.2) is 0 Å². The van der Waals surface area contributed by atoms with Crippen molar-refractivity contribution in [3.63, 3.8) is 0 Å². The highest BCUT2D eigenvalue weighted by Gasteiger charge is 2.45. The van der Waals surface area contributed by atoms with Crippen molar-refractivity contribution in [1.82, 2.24) is 0 Å². The summed E-state index contributed by atoms with van der Waals surface area (Å²) in [6.07, 6.45) is 3.18. The maximum atomic E-state index is 10.5. The Hall–Kier alpha value is -0.570. The van der Waals surface area contributed by atoms with Gasteiger partial charge in [-0.3, -0.25) is 4.79 Å². The smallest absolute Gasteiger partial charge is 0.306 e. The molecule has 2 unspecified atom stereocenters. The lowest BCUT2D eigenvalue weighted by Gasteiger charge is -2.12. The Bertz CT molecular complexity index is 166. The standard InChI is InChI=1S/C7H10O3/c8-7(9)4-1-2-5-6(3-4)10-5/h4-6H,1-3H2,(H,8,9)/t4-,5?,6?/m1/s1. The van der Waals surface area contributed by atoms with Crippen LogP contribution in [-0.4, -0.2) is 23.3 Å². The van der Waals surface area contributed by atoms with E-state index < -0.39 is 5.97 Å². The number of carboxylic acid groups (broad SMARTS) is 1. The fraction of sp³-hybridized carbons (Fsp3) is 0.857. The van der Waals surface area contributed by atoms with E-state index in [4.69, 9.17) is 9.84 Å². The van der Waals surface area contributed by atoms with Gasteiger partial charge in [0, 0.05) is 0 Å². The summed E-state index contributed by atoms with van der Waals surface area (Å²) >= 11 is 0. The van der Waals surface area contributed by atoms with Gasteiger partial charge in [0.05, 0.1) is 18.1 Å². The molecule has 10 heavy (non-hydrogen) atoms. The second-order valence-electron chi connectivity index (χ2n) is 3.06. The summed E-state index contributed by atoms with van der Waals surface area (Å²) in [7, 11) is 0. The lowest BCUT2D eigenvalue weighted by Crippen LogP contribution is -2.21. The van der Waals surface area contributed by atoms with Crippen LogP contribution in [0, 0.1) is 5.92 Å². The number of epoxide rings is 1. The van der Waals surface area contributed by atoms with Gasteiger partial charge in [0.15, 0.2) is 0 Å². The molecule has 0 bridgehead atoms. The summed E-state index contributed by atoms with van der Waals surface area (Å²) in [6, 6.07) is 0. The van der Waals surface area contributed by atoms with Gasteiger partial charge in [-0.05, 0) is 19.3 Å². The molecule has 2 fully saturated rings. The first-order valence-electron chi connectivity index (χ1n) is 3.65. The number of carbonyl (C=O) groups is 1. The van der Waals surface area contributed by atoms with Crippen LogP contribution >= 0.6 is 0 Å². The summed E-state index contributed by atoms with van der Waals surface area (Å²) < 4.78 is 5.19. The Kier molecular flexibility index (Phi) is 1.20. The van der Waals surface area contributed by atoms with Gasteiger partial charge in [0.1, 0.15) is 0 Å². The van der Waals surface area contributed by atoms with Crippen LogP contribution < -0.4 is 0 Å². The maximum Gasteiger partial charge on any atom is 0.306 e. The van der Waals surface area contributed by atoms with E-state index in [1.807, 2.05) is 0 Å². The predicted molar refractivity (Wildman–Crippen MR) is 33.6 cm³/mol. The van der Waals surface area contributed by atoms with Crippen molar-refractivity contribution in [2.75, 3.05) is 0 Å². The number of rotatable bonds is 1. The summed E-state index contributed by atoms with van der Waals surface area (Å²) in [4.78, 5) is 10.5. The largest absolute Gasteiger partial charge is 0.481 e. The van der Waals surface area contributed by atoms with Crippen LogP contribution in [0.2, 0.25) is 0 Å². The zero-order valence-electron chi connectivity index (χ0n) is 5.62. The minimum atomic E-state index is -0.658. The van der Waals surface area contributed by atoms with Crippen LogP contribution in [0.25, 0.3) is 0 Å². The molecule has 1 aliphatic carbocycles. The minimum Gasteiger partial charge on any atom is -0.481 e. The van der Waals surface area contributed by atoms with E-state index >= 15 is 0 Å². The maximum absolute atomic E-state index is 10.5. The second kappa shape index (κ2) is 1.95. The number of hydrogen-bond donors (Lipinski definition) is 1. The average molecular weight is 142 g/mol. The number of aliphatic carboxylic acids is 1. The summed E-state index contributed by atoms with van der Waals surface area (Å²) in [5.41, 5.74) is 0. The lowest BCUT2D eigenvalue weighted by molar-refractivity contribution is -0.142. The Morgan fingerprint density at radius 1 is 1.40 bits per heavy atom. The third-order valence-electron chi connectivity index (χ3n) is 2.35. The monoisotopic (exact) mass is 142 g/mol. The second-order valence-corrected chi connectivity index (χ2v) is 3.06. The molecule has 0 spiro atoms. The summed E-state index contributed by atoms with van der Waals surface area (Å²) in [5, 5.41) is 8.62. The molecule has 1 N–H and O–H groups in total. The first kappa shape index (κ1) is 6.16. The van der Waals surface area contributed by atoms with Gasteiger partial charge in [-0.25, -0.2) is 0 Å². The van der Waals surface area contributed by atoms with Crippen molar-refractivity contribution in [2.24, 2.45) is 5.92 Å². The zero-order chi connectivity index (χ0) is 7.14. The third-order valence-corrected chi connectivity index (χ3v) is 2.35. The van der Waals surface area contributed by atoms with Crippen LogP contribution in [0.3, 0.4) is 0 Å². The van der Waals surface area contributed by atoms with Crippen LogP contribution in [0.4, 0.5) is 0 Å². The molecule has 3 heteroatoms. The van der Waals surface area contributed by atoms with E-state index in [1.165, 1.54) is 0 Å². The molecule has 0 radical (unpaired) electrons. The Balaban J connectivity index is 1.94. The fourth-order valence-electron chi connectivity index (χ4n) is 1.63.